The largest absolute Gasteiger partial charge is 0.373 e. The molecule has 5 nitrogen and oxygen atoms in total. The predicted octanol–water partition coefficient (Wildman–Crippen LogP) is 3.86. The molecule has 0 bridgehead atoms. The minimum absolute atomic E-state index is 0. The highest BCUT2D eigenvalue weighted by Crippen LogP contribution is 2.36. The summed E-state index contributed by atoms with van der Waals surface area (Å²) in [5, 5.41) is 6.94. The summed E-state index contributed by atoms with van der Waals surface area (Å²) in [5.74, 6) is 2.16. The van der Waals surface area contributed by atoms with Crippen LogP contribution in [0, 0.1) is 0 Å². The third-order valence-electron chi connectivity index (χ3n) is 5.54. The van der Waals surface area contributed by atoms with E-state index < -0.39 is 0 Å². The average Bonchev–Trinajstić information content (AvgIpc) is 3.09. The van der Waals surface area contributed by atoms with E-state index >= 15 is 0 Å². The molecule has 0 spiro atoms. The first-order chi connectivity index (χ1) is 13.5. The fourth-order valence-corrected chi connectivity index (χ4v) is 5.33. The molecular formula is C22H37IN4OS. The van der Waals surface area contributed by atoms with E-state index in [1.54, 1.807) is 0 Å². The Balaban J connectivity index is 0.00000300. The van der Waals surface area contributed by atoms with Crippen LogP contribution in [0.1, 0.15) is 44.7 Å². The third kappa shape index (κ3) is 7.92. The van der Waals surface area contributed by atoms with E-state index in [4.69, 9.17) is 4.74 Å². The second-order valence-electron chi connectivity index (χ2n) is 8.45. The first kappa shape index (κ1) is 24.8. The van der Waals surface area contributed by atoms with Gasteiger partial charge >= 0.3 is 0 Å². The first-order valence-electron chi connectivity index (χ1n) is 10.5. The fraction of sp³-hybridized carbons (Fsp3) is 0.682. The fourth-order valence-electron chi connectivity index (χ4n) is 4.09. The smallest absolute Gasteiger partial charge is 0.191 e. The highest BCUT2D eigenvalue weighted by atomic mass is 127. The van der Waals surface area contributed by atoms with E-state index in [-0.39, 0.29) is 24.0 Å². The van der Waals surface area contributed by atoms with E-state index in [0.717, 1.165) is 38.7 Å². The molecule has 1 aromatic rings. The molecule has 1 aromatic carbocycles. The number of nitrogens with one attached hydrogen (secondary N) is 2. The Morgan fingerprint density at radius 2 is 1.83 bits per heavy atom. The number of nitrogens with zero attached hydrogens (tertiary/aromatic N) is 2. The number of guanidine groups is 1. The summed E-state index contributed by atoms with van der Waals surface area (Å²) in [5.41, 5.74) is 2.63. The van der Waals surface area contributed by atoms with Crippen LogP contribution in [0.3, 0.4) is 0 Å². The lowest BCUT2D eigenvalue weighted by molar-refractivity contribution is -0.0704. The summed E-state index contributed by atoms with van der Waals surface area (Å²) in [6.45, 7) is 11.4. The molecule has 7 heteroatoms. The molecule has 2 fully saturated rings. The van der Waals surface area contributed by atoms with Crippen molar-refractivity contribution >= 4 is 41.7 Å². The van der Waals surface area contributed by atoms with Gasteiger partial charge in [-0.05, 0) is 50.5 Å². The van der Waals surface area contributed by atoms with Crippen LogP contribution < -0.4 is 10.6 Å². The molecule has 164 valence electrons. The van der Waals surface area contributed by atoms with E-state index in [9.17, 15) is 0 Å². The molecule has 2 N–H and O–H groups in total. The van der Waals surface area contributed by atoms with Crippen molar-refractivity contribution in [3.8, 4) is 0 Å². The van der Waals surface area contributed by atoms with Crippen LogP contribution in [-0.4, -0.2) is 60.2 Å². The van der Waals surface area contributed by atoms with Gasteiger partial charge in [-0.2, -0.15) is 11.8 Å². The number of halogens is 1. The number of aliphatic imine (C=N–C) groups is 1. The molecule has 0 aromatic heterocycles. The Morgan fingerprint density at radius 1 is 1.17 bits per heavy atom. The van der Waals surface area contributed by atoms with Gasteiger partial charge < -0.3 is 15.4 Å². The second kappa shape index (κ2) is 11.8. The molecule has 2 aliphatic heterocycles. The summed E-state index contributed by atoms with van der Waals surface area (Å²) in [7, 11) is 1.84. The maximum atomic E-state index is 5.83. The van der Waals surface area contributed by atoms with Gasteiger partial charge in [-0.25, -0.2) is 0 Å². The highest BCUT2D eigenvalue weighted by molar-refractivity contribution is 14.0. The number of rotatable bonds is 6. The quantitative estimate of drug-likeness (QED) is 0.331. The summed E-state index contributed by atoms with van der Waals surface area (Å²) in [6, 6.07) is 8.93. The van der Waals surface area contributed by atoms with Crippen molar-refractivity contribution in [3.05, 3.63) is 35.4 Å². The van der Waals surface area contributed by atoms with Crippen molar-refractivity contribution in [1.82, 2.24) is 15.5 Å². The molecule has 0 aliphatic carbocycles. The molecule has 3 atom stereocenters. The zero-order valence-electron chi connectivity index (χ0n) is 18.2. The van der Waals surface area contributed by atoms with E-state index in [2.05, 4.69) is 77.3 Å². The second-order valence-corrected chi connectivity index (χ2v) is 10.1. The minimum Gasteiger partial charge on any atom is -0.373 e. The average molecular weight is 533 g/mol. The Labute approximate surface area is 197 Å². The van der Waals surface area contributed by atoms with Crippen LogP contribution in [0.2, 0.25) is 0 Å². The molecule has 2 saturated heterocycles. The number of morpholine rings is 1. The van der Waals surface area contributed by atoms with Crippen LogP contribution >= 0.6 is 35.7 Å². The van der Waals surface area contributed by atoms with E-state index in [1.165, 1.54) is 29.7 Å². The van der Waals surface area contributed by atoms with Crippen LogP contribution in [0.5, 0.6) is 0 Å². The topological polar surface area (TPSA) is 48.9 Å². The van der Waals surface area contributed by atoms with Gasteiger partial charge in [0.05, 0.1) is 12.2 Å². The van der Waals surface area contributed by atoms with Gasteiger partial charge in [0, 0.05) is 44.5 Å². The zero-order chi connectivity index (χ0) is 20.0. The Hall–Kier alpha value is -0.510. The molecule has 2 heterocycles. The minimum atomic E-state index is 0. The Kier molecular flexibility index (Phi) is 10.0. The third-order valence-corrected chi connectivity index (χ3v) is 7.08. The summed E-state index contributed by atoms with van der Waals surface area (Å²) in [6.07, 6.45) is 3.24. The lowest BCUT2D eigenvalue weighted by Crippen LogP contribution is -2.44. The number of thioether (sulfide) groups is 1. The summed E-state index contributed by atoms with van der Waals surface area (Å²) >= 11 is 2.07. The van der Waals surface area contributed by atoms with Crippen LogP contribution in [0.15, 0.2) is 29.3 Å². The van der Waals surface area contributed by atoms with Crippen molar-refractivity contribution < 1.29 is 4.74 Å². The van der Waals surface area contributed by atoms with Gasteiger partial charge in [0.15, 0.2) is 5.96 Å². The molecule has 0 radical (unpaired) electrons. The lowest BCUT2D eigenvalue weighted by atomic mass is 10.1. The number of hydrogen-bond acceptors (Lipinski definition) is 4. The van der Waals surface area contributed by atoms with Gasteiger partial charge in [-0.1, -0.05) is 24.3 Å². The van der Waals surface area contributed by atoms with Crippen molar-refractivity contribution in [1.29, 1.82) is 0 Å². The number of hydrogen-bond donors (Lipinski definition) is 2. The molecule has 0 saturated carbocycles. The van der Waals surface area contributed by atoms with Crippen molar-refractivity contribution in [2.45, 2.75) is 63.7 Å². The summed E-state index contributed by atoms with van der Waals surface area (Å²) in [4.78, 5) is 6.86. The molecule has 0 amide bonds. The molecule has 29 heavy (non-hydrogen) atoms. The van der Waals surface area contributed by atoms with Gasteiger partial charge in [0.2, 0.25) is 0 Å². The molecule has 3 rings (SSSR count). The Bertz CT molecular complexity index is 639. The van der Waals surface area contributed by atoms with E-state index in [1.807, 2.05) is 7.05 Å². The highest BCUT2D eigenvalue weighted by Gasteiger charge is 2.29. The first-order valence-corrected chi connectivity index (χ1v) is 11.5. The lowest BCUT2D eigenvalue weighted by Gasteiger charge is -2.35. The number of ether oxygens (including phenoxy) is 1. The van der Waals surface area contributed by atoms with E-state index in [0.29, 0.717) is 17.0 Å². The zero-order valence-corrected chi connectivity index (χ0v) is 21.4. The molecular weight excluding hydrogens is 495 g/mol. The van der Waals surface area contributed by atoms with Crippen molar-refractivity contribution in [2.24, 2.45) is 4.99 Å². The van der Waals surface area contributed by atoms with Crippen molar-refractivity contribution in [2.75, 3.05) is 32.4 Å². The van der Waals surface area contributed by atoms with Crippen molar-refractivity contribution in [3.63, 3.8) is 0 Å². The van der Waals surface area contributed by atoms with Gasteiger partial charge in [0.1, 0.15) is 0 Å². The molecule has 2 aliphatic rings. The van der Waals surface area contributed by atoms with Gasteiger partial charge in [-0.3, -0.25) is 9.89 Å². The Morgan fingerprint density at radius 3 is 2.41 bits per heavy atom. The van der Waals surface area contributed by atoms with Crippen LogP contribution in [0.25, 0.3) is 0 Å². The van der Waals surface area contributed by atoms with Gasteiger partial charge in [0.25, 0.3) is 0 Å². The van der Waals surface area contributed by atoms with Crippen LogP contribution in [-0.2, 0) is 17.8 Å². The summed E-state index contributed by atoms with van der Waals surface area (Å²) < 4.78 is 6.17. The molecule has 3 unspecified atom stereocenters. The monoisotopic (exact) mass is 532 g/mol. The SMILES string of the molecule is CN=C(NCc1ccc(CN2CC(C)OC(C)C2)cc1)NCC1(C)CCCS1.I. The number of benzene rings is 1. The normalized spacial score (nSPS) is 28.1. The maximum absolute atomic E-state index is 5.83. The van der Waals surface area contributed by atoms with Gasteiger partial charge in [-0.15, -0.1) is 24.0 Å². The predicted molar refractivity (Wildman–Crippen MR) is 135 cm³/mol. The maximum Gasteiger partial charge on any atom is 0.191 e. The standard InChI is InChI=1S/C22H36N4OS.HI/c1-17-13-26(14-18(2)27-17)15-20-8-6-19(7-9-20)12-24-21(23-4)25-16-22(3)10-5-11-28-22;/h6-9,17-18H,5,10-16H2,1-4H3,(H2,23,24,25);1H. The van der Waals surface area contributed by atoms with Crippen LogP contribution in [0.4, 0.5) is 0 Å².